The molecule has 1 N–H and O–H groups in total. The molecule has 0 saturated heterocycles. The summed E-state index contributed by atoms with van der Waals surface area (Å²) in [6, 6.07) is 7.93. The van der Waals surface area contributed by atoms with Gasteiger partial charge >= 0.3 is 0 Å². The maximum absolute atomic E-state index is 12.1. The molecular weight excluding hydrogens is 290 g/mol. The van der Waals surface area contributed by atoms with Crippen LogP contribution >= 0.6 is 0 Å². The third-order valence-electron chi connectivity index (χ3n) is 4.46. The molecule has 0 unspecified atom stereocenters. The van der Waals surface area contributed by atoms with Gasteiger partial charge < -0.3 is 9.73 Å². The van der Waals surface area contributed by atoms with Gasteiger partial charge in [-0.3, -0.25) is 4.79 Å². The number of carbonyl (C=O) groups excluding carboxylic acids is 1. The second-order valence-electron chi connectivity index (χ2n) is 6.19. The molecule has 0 bridgehead atoms. The molecule has 1 aliphatic carbocycles. The largest absolute Gasteiger partial charge is 0.421 e. The van der Waals surface area contributed by atoms with Gasteiger partial charge in [0.15, 0.2) is 0 Å². The highest BCUT2D eigenvalue weighted by Crippen LogP contribution is 2.24. The van der Waals surface area contributed by atoms with Crippen LogP contribution in [0.5, 0.6) is 0 Å². The van der Waals surface area contributed by atoms with Crippen LogP contribution in [0.4, 0.5) is 0 Å². The average Bonchev–Trinajstić information content (AvgIpc) is 3.04. The standard InChI is InChI=1S/C18H23N3O2/c1-13-7-5-6-10-15(13)18-21-20-16(23-18)11-12-19-17(22)14-8-3-2-4-9-14/h5-7,10,14H,2-4,8-9,11-12H2,1H3,(H,19,22). The summed E-state index contributed by atoms with van der Waals surface area (Å²) >= 11 is 0. The first kappa shape index (κ1) is 15.7. The van der Waals surface area contributed by atoms with Gasteiger partial charge in [0.05, 0.1) is 0 Å². The summed E-state index contributed by atoms with van der Waals surface area (Å²) in [5.74, 6) is 1.46. The van der Waals surface area contributed by atoms with E-state index in [2.05, 4.69) is 15.5 Å². The second-order valence-corrected chi connectivity index (χ2v) is 6.19. The van der Waals surface area contributed by atoms with Crippen LogP contribution in [-0.4, -0.2) is 22.6 Å². The highest BCUT2D eigenvalue weighted by Gasteiger charge is 2.20. The highest BCUT2D eigenvalue weighted by atomic mass is 16.4. The monoisotopic (exact) mass is 313 g/mol. The summed E-state index contributed by atoms with van der Waals surface area (Å²) < 4.78 is 5.70. The minimum absolute atomic E-state index is 0.170. The molecule has 1 heterocycles. The Kier molecular flexibility index (Phi) is 5.05. The van der Waals surface area contributed by atoms with Crippen molar-refractivity contribution < 1.29 is 9.21 Å². The molecule has 0 radical (unpaired) electrons. The maximum atomic E-state index is 12.1. The van der Waals surface area contributed by atoms with Crippen LogP contribution in [0.2, 0.25) is 0 Å². The summed E-state index contributed by atoms with van der Waals surface area (Å²) in [4.78, 5) is 12.1. The van der Waals surface area contributed by atoms with Gasteiger partial charge in [0, 0.05) is 24.4 Å². The van der Waals surface area contributed by atoms with Gasteiger partial charge in [-0.2, -0.15) is 0 Å². The highest BCUT2D eigenvalue weighted by molar-refractivity contribution is 5.78. The minimum atomic E-state index is 0.170. The molecule has 1 amide bonds. The molecule has 1 aliphatic rings. The number of amides is 1. The fourth-order valence-electron chi connectivity index (χ4n) is 3.08. The van der Waals surface area contributed by atoms with Gasteiger partial charge in [0.25, 0.3) is 0 Å². The SMILES string of the molecule is Cc1ccccc1-c1nnc(CCNC(=O)C2CCCCC2)o1. The van der Waals surface area contributed by atoms with Crippen LogP contribution in [0, 0.1) is 12.8 Å². The zero-order valence-electron chi connectivity index (χ0n) is 13.5. The molecule has 2 aromatic rings. The van der Waals surface area contributed by atoms with Crippen molar-refractivity contribution in [1.29, 1.82) is 0 Å². The summed E-state index contributed by atoms with van der Waals surface area (Å²) in [6.07, 6.45) is 6.20. The number of hydrogen-bond donors (Lipinski definition) is 1. The van der Waals surface area contributed by atoms with Crippen LogP contribution in [0.15, 0.2) is 28.7 Å². The lowest BCUT2D eigenvalue weighted by atomic mass is 9.89. The van der Waals surface area contributed by atoms with Crippen LogP contribution in [0.3, 0.4) is 0 Å². The molecule has 3 rings (SSSR count). The lowest BCUT2D eigenvalue weighted by molar-refractivity contribution is -0.125. The zero-order chi connectivity index (χ0) is 16.1. The Hall–Kier alpha value is -2.17. The van der Waals surface area contributed by atoms with E-state index in [1.54, 1.807) is 0 Å². The number of carbonyl (C=O) groups is 1. The lowest BCUT2D eigenvalue weighted by Crippen LogP contribution is -2.33. The van der Waals surface area contributed by atoms with Crippen molar-refractivity contribution in [3.63, 3.8) is 0 Å². The van der Waals surface area contributed by atoms with E-state index in [-0.39, 0.29) is 11.8 Å². The van der Waals surface area contributed by atoms with Gasteiger partial charge in [-0.25, -0.2) is 0 Å². The van der Waals surface area contributed by atoms with Crippen molar-refractivity contribution >= 4 is 5.91 Å². The maximum Gasteiger partial charge on any atom is 0.247 e. The van der Waals surface area contributed by atoms with Crippen molar-refractivity contribution in [2.45, 2.75) is 45.4 Å². The first-order valence-electron chi connectivity index (χ1n) is 8.40. The Labute approximate surface area is 136 Å². The third-order valence-corrected chi connectivity index (χ3v) is 4.46. The van der Waals surface area contributed by atoms with E-state index in [9.17, 15) is 4.79 Å². The van der Waals surface area contributed by atoms with E-state index in [1.165, 1.54) is 19.3 Å². The number of nitrogens with one attached hydrogen (secondary N) is 1. The Bertz CT molecular complexity index is 660. The van der Waals surface area contributed by atoms with E-state index < -0.39 is 0 Å². The van der Waals surface area contributed by atoms with Crippen molar-refractivity contribution in [2.24, 2.45) is 5.92 Å². The van der Waals surface area contributed by atoms with E-state index >= 15 is 0 Å². The van der Waals surface area contributed by atoms with E-state index in [0.717, 1.165) is 24.0 Å². The molecule has 1 aromatic carbocycles. The van der Waals surface area contributed by atoms with Crippen molar-refractivity contribution in [3.05, 3.63) is 35.7 Å². The van der Waals surface area contributed by atoms with E-state index in [4.69, 9.17) is 4.42 Å². The predicted molar refractivity (Wildman–Crippen MR) is 87.8 cm³/mol. The summed E-state index contributed by atoms with van der Waals surface area (Å²) in [6.45, 7) is 2.56. The lowest BCUT2D eigenvalue weighted by Gasteiger charge is -2.20. The topological polar surface area (TPSA) is 68.0 Å². The number of aromatic nitrogens is 2. The molecule has 5 heteroatoms. The molecule has 0 aliphatic heterocycles. The Morgan fingerprint density at radius 1 is 1.22 bits per heavy atom. The summed E-state index contributed by atoms with van der Waals surface area (Å²) in [7, 11) is 0. The van der Waals surface area contributed by atoms with Crippen molar-refractivity contribution in [1.82, 2.24) is 15.5 Å². The molecule has 122 valence electrons. The normalized spacial score (nSPS) is 15.5. The fourth-order valence-corrected chi connectivity index (χ4v) is 3.08. The first-order valence-corrected chi connectivity index (χ1v) is 8.40. The van der Waals surface area contributed by atoms with Gasteiger partial charge in [-0.1, -0.05) is 37.5 Å². The minimum Gasteiger partial charge on any atom is -0.421 e. The molecule has 0 spiro atoms. The molecule has 5 nitrogen and oxygen atoms in total. The molecule has 0 atom stereocenters. The van der Waals surface area contributed by atoms with E-state index in [1.807, 2.05) is 31.2 Å². The van der Waals surface area contributed by atoms with Crippen LogP contribution in [-0.2, 0) is 11.2 Å². The number of rotatable bonds is 5. The predicted octanol–water partition coefficient (Wildman–Crippen LogP) is 3.28. The third kappa shape index (κ3) is 3.97. The molecular formula is C18H23N3O2. The van der Waals surface area contributed by atoms with Crippen LogP contribution < -0.4 is 5.32 Å². The van der Waals surface area contributed by atoms with E-state index in [0.29, 0.717) is 24.7 Å². The molecule has 1 fully saturated rings. The Balaban J connectivity index is 1.51. The van der Waals surface area contributed by atoms with Crippen molar-refractivity contribution in [3.8, 4) is 11.5 Å². The molecule has 23 heavy (non-hydrogen) atoms. The van der Waals surface area contributed by atoms with Gasteiger partial charge in [0.2, 0.25) is 17.7 Å². The zero-order valence-corrected chi connectivity index (χ0v) is 13.5. The number of hydrogen-bond acceptors (Lipinski definition) is 4. The van der Waals surface area contributed by atoms with Gasteiger partial charge in [-0.15, -0.1) is 10.2 Å². The molecule has 1 aromatic heterocycles. The average molecular weight is 313 g/mol. The summed E-state index contributed by atoms with van der Waals surface area (Å²) in [5.41, 5.74) is 2.06. The number of aryl methyl sites for hydroxylation is 1. The first-order chi connectivity index (χ1) is 11.2. The second kappa shape index (κ2) is 7.40. The quantitative estimate of drug-likeness (QED) is 0.919. The number of nitrogens with zero attached hydrogens (tertiary/aromatic N) is 2. The van der Waals surface area contributed by atoms with Gasteiger partial charge in [-0.05, 0) is 31.4 Å². The molecule has 1 saturated carbocycles. The summed E-state index contributed by atoms with van der Waals surface area (Å²) in [5, 5.41) is 11.2. The van der Waals surface area contributed by atoms with Crippen LogP contribution in [0.1, 0.15) is 43.6 Å². The fraction of sp³-hybridized carbons (Fsp3) is 0.500. The van der Waals surface area contributed by atoms with Gasteiger partial charge in [0.1, 0.15) is 0 Å². The smallest absolute Gasteiger partial charge is 0.247 e. The Morgan fingerprint density at radius 3 is 2.78 bits per heavy atom. The van der Waals surface area contributed by atoms with Crippen molar-refractivity contribution in [2.75, 3.05) is 6.54 Å². The van der Waals surface area contributed by atoms with Crippen LogP contribution in [0.25, 0.3) is 11.5 Å². The number of benzene rings is 1. The Morgan fingerprint density at radius 2 is 2.00 bits per heavy atom.